The fourth-order valence-electron chi connectivity index (χ4n) is 1.52. The molecule has 0 radical (unpaired) electrons. The molecule has 4 nitrogen and oxygen atoms in total. The quantitative estimate of drug-likeness (QED) is 0.716. The number of likely N-dealkylation sites (N-methyl/N-ethyl adjacent to an activating group) is 1. The van der Waals surface area contributed by atoms with Crippen LogP contribution < -0.4 is 5.73 Å². The summed E-state index contributed by atoms with van der Waals surface area (Å²) in [4.78, 5) is 14.1. The number of nitrogens with two attached hydrogens (primary N) is 1. The van der Waals surface area contributed by atoms with Crippen LogP contribution in [0, 0.1) is 5.92 Å². The summed E-state index contributed by atoms with van der Waals surface area (Å²) in [6.07, 6.45) is 0.676. The van der Waals surface area contributed by atoms with Crippen molar-refractivity contribution in [2.24, 2.45) is 11.7 Å². The summed E-state index contributed by atoms with van der Waals surface area (Å²) in [6.45, 7) is 9.82. The minimum atomic E-state index is -0.704. The Morgan fingerprint density at radius 1 is 1.50 bits per heavy atom. The van der Waals surface area contributed by atoms with E-state index in [0.717, 1.165) is 0 Å². The molecule has 16 heavy (non-hydrogen) atoms. The molecule has 0 aliphatic rings. The van der Waals surface area contributed by atoms with Gasteiger partial charge in [-0.3, -0.25) is 4.79 Å². The van der Waals surface area contributed by atoms with E-state index in [0.29, 0.717) is 32.0 Å². The Bertz CT molecular complexity index is 215. The number of ether oxygens (including phenoxy) is 1. The molecule has 2 atom stereocenters. The highest BCUT2D eigenvalue weighted by Gasteiger charge is 2.34. The summed E-state index contributed by atoms with van der Waals surface area (Å²) in [6, 6.07) is 0. The van der Waals surface area contributed by atoms with Gasteiger partial charge < -0.3 is 15.4 Å². The van der Waals surface area contributed by atoms with Crippen molar-refractivity contribution in [2.45, 2.75) is 39.7 Å². The average Bonchev–Trinajstić information content (AvgIpc) is 2.33. The molecule has 4 heteroatoms. The van der Waals surface area contributed by atoms with Crippen LogP contribution in [0.1, 0.15) is 34.1 Å². The Labute approximate surface area is 99.1 Å². The van der Waals surface area contributed by atoms with Crippen LogP contribution in [0.2, 0.25) is 0 Å². The van der Waals surface area contributed by atoms with Crippen molar-refractivity contribution in [3.05, 3.63) is 0 Å². The topological polar surface area (TPSA) is 55.6 Å². The number of hydrogen-bond acceptors (Lipinski definition) is 3. The third kappa shape index (κ3) is 3.76. The summed E-state index contributed by atoms with van der Waals surface area (Å²) in [5, 5.41) is 0. The summed E-state index contributed by atoms with van der Waals surface area (Å²) in [5.74, 6) is 0.377. The van der Waals surface area contributed by atoms with Crippen molar-refractivity contribution < 1.29 is 9.53 Å². The molecule has 0 saturated heterocycles. The number of amides is 1. The maximum Gasteiger partial charge on any atom is 0.254 e. The third-order valence-electron chi connectivity index (χ3n) is 3.18. The molecule has 0 aliphatic carbocycles. The van der Waals surface area contributed by atoms with E-state index >= 15 is 0 Å². The van der Waals surface area contributed by atoms with Crippen LogP contribution >= 0.6 is 0 Å². The Morgan fingerprint density at radius 3 is 2.38 bits per heavy atom. The van der Waals surface area contributed by atoms with Gasteiger partial charge in [-0.25, -0.2) is 0 Å². The van der Waals surface area contributed by atoms with Gasteiger partial charge in [0, 0.05) is 20.2 Å². The molecule has 0 heterocycles. The van der Waals surface area contributed by atoms with E-state index in [-0.39, 0.29) is 5.91 Å². The molecular formula is C12H26N2O2. The largest absolute Gasteiger partial charge is 0.369 e. The second-order valence-electron chi connectivity index (χ2n) is 4.47. The number of carbonyl (C=O) groups is 1. The lowest BCUT2D eigenvalue weighted by molar-refractivity contribution is -0.153. The summed E-state index contributed by atoms with van der Waals surface area (Å²) < 4.78 is 5.32. The van der Waals surface area contributed by atoms with Crippen LogP contribution in [-0.2, 0) is 9.53 Å². The predicted molar refractivity (Wildman–Crippen MR) is 66.2 cm³/mol. The standard InChI is InChI=1S/C12H26N2O2/c1-6-12(4,16-5)11(15)14(7-2)9-10(3)8-13/h10H,6-9,13H2,1-5H3. The minimum absolute atomic E-state index is 0.0558. The molecule has 0 fully saturated rings. The second-order valence-corrected chi connectivity index (χ2v) is 4.47. The van der Waals surface area contributed by atoms with Crippen molar-refractivity contribution in [1.82, 2.24) is 4.90 Å². The van der Waals surface area contributed by atoms with Gasteiger partial charge in [-0.2, -0.15) is 0 Å². The molecule has 0 spiro atoms. The van der Waals surface area contributed by atoms with Crippen LogP contribution in [0.5, 0.6) is 0 Å². The zero-order chi connectivity index (χ0) is 12.8. The molecule has 0 rings (SSSR count). The molecule has 1 amide bonds. The molecule has 0 aromatic carbocycles. The Kier molecular flexibility index (Phi) is 6.60. The summed E-state index contributed by atoms with van der Waals surface area (Å²) in [7, 11) is 1.58. The van der Waals surface area contributed by atoms with Crippen molar-refractivity contribution in [3.8, 4) is 0 Å². The monoisotopic (exact) mass is 230 g/mol. The van der Waals surface area contributed by atoms with E-state index in [9.17, 15) is 4.79 Å². The summed E-state index contributed by atoms with van der Waals surface area (Å²) in [5.41, 5.74) is 4.88. The molecule has 0 saturated carbocycles. The van der Waals surface area contributed by atoms with Crippen LogP contribution in [0.15, 0.2) is 0 Å². The smallest absolute Gasteiger partial charge is 0.254 e. The molecular weight excluding hydrogens is 204 g/mol. The lowest BCUT2D eigenvalue weighted by Crippen LogP contribution is -2.49. The lowest BCUT2D eigenvalue weighted by Gasteiger charge is -2.33. The van der Waals surface area contributed by atoms with E-state index in [1.807, 2.05) is 32.6 Å². The first-order chi connectivity index (χ1) is 7.45. The van der Waals surface area contributed by atoms with E-state index in [2.05, 4.69) is 0 Å². The zero-order valence-corrected chi connectivity index (χ0v) is 11.2. The van der Waals surface area contributed by atoms with Gasteiger partial charge in [0.1, 0.15) is 5.60 Å². The van der Waals surface area contributed by atoms with Crippen molar-refractivity contribution in [1.29, 1.82) is 0 Å². The molecule has 2 unspecified atom stereocenters. The molecule has 0 aromatic rings. The van der Waals surface area contributed by atoms with Crippen LogP contribution in [-0.4, -0.2) is 43.2 Å². The predicted octanol–water partition coefficient (Wildman–Crippen LogP) is 1.24. The second kappa shape index (κ2) is 6.86. The minimum Gasteiger partial charge on any atom is -0.369 e. The van der Waals surface area contributed by atoms with Gasteiger partial charge >= 0.3 is 0 Å². The first-order valence-corrected chi connectivity index (χ1v) is 5.99. The van der Waals surface area contributed by atoms with Crippen molar-refractivity contribution >= 4 is 5.91 Å². The van der Waals surface area contributed by atoms with Gasteiger partial charge in [-0.05, 0) is 32.7 Å². The van der Waals surface area contributed by atoms with Gasteiger partial charge in [-0.1, -0.05) is 13.8 Å². The zero-order valence-electron chi connectivity index (χ0n) is 11.2. The van der Waals surface area contributed by atoms with E-state index in [1.165, 1.54) is 0 Å². The molecule has 2 N–H and O–H groups in total. The third-order valence-corrected chi connectivity index (χ3v) is 3.18. The van der Waals surface area contributed by atoms with Gasteiger partial charge in [0.15, 0.2) is 0 Å². The molecule has 0 aliphatic heterocycles. The highest BCUT2D eigenvalue weighted by atomic mass is 16.5. The molecule has 0 aromatic heterocycles. The van der Waals surface area contributed by atoms with Crippen LogP contribution in [0.3, 0.4) is 0 Å². The van der Waals surface area contributed by atoms with Gasteiger partial charge in [0.2, 0.25) is 0 Å². The maximum absolute atomic E-state index is 12.3. The Hall–Kier alpha value is -0.610. The Balaban J connectivity index is 4.63. The van der Waals surface area contributed by atoms with E-state index in [1.54, 1.807) is 7.11 Å². The fraction of sp³-hybridized carbons (Fsp3) is 0.917. The van der Waals surface area contributed by atoms with Crippen molar-refractivity contribution in [2.75, 3.05) is 26.7 Å². The highest BCUT2D eigenvalue weighted by Crippen LogP contribution is 2.18. The molecule has 0 bridgehead atoms. The van der Waals surface area contributed by atoms with Crippen molar-refractivity contribution in [3.63, 3.8) is 0 Å². The van der Waals surface area contributed by atoms with E-state index < -0.39 is 5.60 Å². The van der Waals surface area contributed by atoms with E-state index in [4.69, 9.17) is 10.5 Å². The highest BCUT2D eigenvalue weighted by molar-refractivity contribution is 5.84. The average molecular weight is 230 g/mol. The fourth-order valence-corrected chi connectivity index (χ4v) is 1.52. The Morgan fingerprint density at radius 2 is 2.06 bits per heavy atom. The number of nitrogens with zero attached hydrogens (tertiary/aromatic N) is 1. The normalized spacial score (nSPS) is 16.6. The van der Waals surface area contributed by atoms with Gasteiger partial charge in [0.05, 0.1) is 0 Å². The molecule has 96 valence electrons. The van der Waals surface area contributed by atoms with Gasteiger partial charge in [0.25, 0.3) is 5.91 Å². The number of rotatable bonds is 7. The van der Waals surface area contributed by atoms with Crippen LogP contribution in [0.25, 0.3) is 0 Å². The lowest BCUT2D eigenvalue weighted by atomic mass is 10.0. The first-order valence-electron chi connectivity index (χ1n) is 5.99. The number of methoxy groups -OCH3 is 1. The summed E-state index contributed by atoms with van der Waals surface area (Å²) >= 11 is 0. The number of hydrogen-bond donors (Lipinski definition) is 1. The maximum atomic E-state index is 12.3. The first kappa shape index (κ1) is 15.4. The number of carbonyl (C=O) groups excluding carboxylic acids is 1. The van der Waals surface area contributed by atoms with Crippen LogP contribution in [0.4, 0.5) is 0 Å². The SMILES string of the molecule is CCN(CC(C)CN)C(=O)C(C)(CC)OC. The van der Waals surface area contributed by atoms with Gasteiger partial charge in [-0.15, -0.1) is 0 Å².